The zero-order chi connectivity index (χ0) is 13.3. The molecule has 1 aliphatic rings. The van der Waals surface area contributed by atoms with Gasteiger partial charge in [0.25, 0.3) is 0 Å². The van der Waals surface area contributed by atoms with Gasteiger partial charge in [-0.15, -0.1) is 0 Å². The maximum absolute atomic E-state index is 13.7. The Kier molecular flexibility index (Phi) is 4.05. The first kappa shape index (κ1) is 13.9. The molecule has 100 valence electrons. The SMILES string of the molecule is O=S(=O)(c1cc(Br)ccc1F)N1CCC[C@@H]1CO. The summed E-state index contributed by atoms with van der Waals surface area (Å²) in [5.74, 6) is -0.776. The molecule has 0 amide bonds. The fraction of sp³-hybridized carbons (Fsp3) is 0.455. The van der Waals surface area contributed by atoms with Crippen LogP contribution in [0.15, 0.2) is 27.6 Å². The third-order valence-electron chi connectivity index (χ3n) is 3.01. The quantitative estimate of drug-likeness (QED) is 0.913. The average Bonchev–Trinajstić information content (AvgIpc) is 2.81. The van der Waals surface area contributed by atoms with E-state index in [1.165, 1.54) is 16.4 Å². The van der Waals surface area contributed by atoms with E-state index in [0.29, 0.717) is 23.9 Å². The van der Waals surface area contributed by atoms with Crippen LogP contribution in [0.2, 0.25) is 0 Å². The Labute approximate surface area is 114 Å². The van der Waals surface area contributed by atoms with Crippen LogP contribution in [0, 0.1) is 5.82 Å². The second-order valence-corrected chi connectivity index (χ2v) is 6.94. The minimum atomic E-state index is -3.88. The van der Waals surface area contributed by atoms with Crippen LogP contribution in [0.25, 0.3) is 0 Å². The molecule has 1 aromatic rings. The highest BCUT2D eigenvalue weighted by Gasteiger charge is 2.36. The molecule has 0 spiro atoms. The summed E-state index contributed by atoms with van der Waals surface area (Å²) in [6.45, 7) is 0.0777. The van der Waals surface area contributed by atoms with Crippen LogP contribution < -0.4 is 0 Å². The summed E-state index contributed by atoms with van der Waals surface area (Å²) >= 11 is 3.13. The van der Waals surface area contributed by atoms with Crippen LogP contribution in [0.4, 0.5) is 4.39 Å². The first-order chi connectivity index (χ1) is 8.46. The van der Waals surface area contributed by atoms with Gasteiger partial charge in [0.05, 0.1) is 6.61 Å². The predicted octanol–water partition coefficient (Wildman–Crippen LogP) is 1.73. The number of nitrogens with zero attached hydrogens (tertiary/aromatic N) is 1. The number of sulfonamides is 1. The number of hydrogen-bond acceptors (Lipinski definition) is 3. The lowest BCUT2D eigenvalue weighted by Gasteiger charge is -2.22. The van der Waals surface area contributed by atoms with Gasteiger partial charge in [-0.05, 0) is 31.0 Å². The molecule has 1 fully saturated rings. The third kappa shape index (κ3) is 2.45. The van der Waals surface area contributed by atoms with E-state index in [2.05, 4.69) is 15.9 Å². The standard InChI is InChI=1S/C11H13BrFNO3S/c12-8-3-4-10(13)11(6-8)18(16,17)14-5-1-2-9(14)7-15/h3-4,6,9,15H,1-2,5,7H2/t9-/m1/s1. The summed E-state index contributed by atoms with van der Waals surface area (Å²) < 4.78 is 40.0. The summed E-state index contributed by atoms with van der Waals surface area (Å²) in [5.41, 5.74) is 0. The van der Waals surface area contributed by atoms with E-state index in [1.807, 2.05) is 0 Å². The second-order valence-electron chi connectivity index (χ2n) is 4.17. The van der Waals surface area contributed by atoms with Crippen molar-refractivity contribution in [3.63, 3.8) is 0 Å². The van der Waals surface area contributed by atoms with Crippen LogP contribution >= 0.6 is 15.9 Å². The predicted molar refractivity (Wildman–Crippen MR) is 68.1 cm³/mol. The smallest absolute Gasteiger partial charge is 0.246 e. The Morgan fingerprint density at radius 1 is 1.50 bits per heavy atom. The van der Waals surface area contributed by atoms with Gasteiger partial charge in [0.2, 0.25) is 10.0 Å². The summed E-state index contributed by atoms with van der Waals surface area (Å²) in [6, 6.07) is 3.36. The van der Waals surface area contributed by atoms with Gasteiger partial charge >= 0.3 is 0 Å². The zero-order valence-electron chi connectivity index (χ0n) is 9.51. The third-order valence-corrected chi connectivity index (χ3v) is 5.47. The summed E-state index contributed by atoms with van der Waals surface area (Å²) in [7, 11) is -3.88. The lowest BCUT2D eigenvalue weighted by Crippen LogP contribution is -2.37. The van der Waals surface area contributed by atoms with Crippen molar-refractivity contribution in [2.75, 3.05) is 13.2 Å². The molecular weight excluding hydrogens is 325 g/mol. The van der Waals surface area contributed by atoms with Crippen molar-refractivity contribution in [1.29, 1.82) is 0 Å². The number of aliphatic hydroxyl groups excluding tert-OH is 1. The molecule has 0 unspecified atom stereocenters. The highest BCUT2D eigenvalue weighted by molar-refractivity contribution is 9.10. The van der Waals surface area contributed by atoms with Crippen LogP contribution in [0.3, 0.4) is 0 Å². The number of hydrogen-bond donors (Lipinski definition) is 1. The van der Waals surface area contributed by atoms with Gasteiger partial charge in [0.1, 0.15) is 10.7 Å². The average molecular weight is 338 g/mol. The fourth-order valence-corrected chi connectivity index (χ4v) is 4.40. The fourth-order valence-electron chi connectivity index (χ4n) is 2.11. The van der Waals surface area contributed by atoms with E-state index < -0.39 is 21.9 Å². The molecule has 0 saturated carbocycles. The second kappa shape index (κ2) is 5.24. The number of benzene rings is 1. The molecule has 1 N–H and O–H groups in total. The van der Waals surface area contributed by atoms with Crippen molar-refractivity contribution in [3.8, 4) is 0 Å². The van der Waals surface area contributed by atoms with E-state index >= 15 is 0 Å². The molecule has 1 aliphatic heterocycles. The highest BCUT2D eigenvalue weighted by Crippen LogP contribution is 2.28. The van der Waals surface area contributed by atoms with Gasteiger partial charge in [-0.3, -0.25) is 0 Å². The van der Waals surface area contributed by atoms with Crippen molar-refractivity contribution < 1.29 is 17.9 Å². The molecule has 0 aliphatic carbocycles. The molecule has 1 atom stereocenters. The van der Waals surface area contributed by atoms with Gasteiger partial charge in [-0.25, -0.2) is 12.8 Å². The Bertz CT molecular complexity index is 549. The van der Waals surface area contributed by atoms with Crippen molar-refractivity contribution in [2.24, 2.45) is 0 Å². The molecule has 0 bridgehead atoms. The normalized spacial score (nSPS) is 21.4. The minimum absolute atomic E-state index is 0.241. The Hall–Kier alpha value is -0.500. The van der Waals surface area contributed by atoms with Crippen molar-refractivity contribution in [1.82, 2.24) is 4.31 Å². The number of aliphatic hydroxyl groups is 1. The van der Waals surface area contributed by atoms with E-state index in [1.54, 1.807) is 0 Å². The summed E-state index contributed by atoms with van der Waals surface area (Å²) in [4.78, 5) is -0.350. The van der Waals surface area contributed by atoms with Crippen molar-refractivity contribution in [2.45, 2.75) is 23.8 Å². The molecule has 0 aromatic heterocycles. The first-order valence-electron chi connectivity index (χ1n) is 5.54. The lowest BCUT2D eigenvalue weighted by molar-refractivity contribution is 0.213. The first-order valence-corrected chi connectivity index (χ1v) is 7.78. The minimum Gasteiger partial charge on any atom is -0.395 e. The summed E-state index contributed by atoms with van der Waals surface area (Å²) in [5, 5.41) is 9.16. The zero-order valence-corrected chi connectivity index (χ0v) is 11.9. The molecular formula is C11H13BrFNO3S. The number of halogens is 2. The molecule has 7 heteroatoms. The van der Waals surface area contributed by atoms with E-state index in [9.17, 15) is 12.8 Å². The van der Waals surface area contributed by atoms with Crippen LogP contribution in [-0.4, -0.2) is 37.0 Å². The molecule has 0 radical (unpaired) electrons. The molecule has 1 aromatic carbocycles. The topological polar surface area (TPSA) is 57.6 Å². The van der Waals surface area contributed by atoms with Crippen LogP contribution in [0.5, 0.6) is 0 Å². The molecule has 4 nitrogen and oxygen atoms in total. The largest absolute Gasteiger partial charge is 0.395 e. The van der Waals surface area contributed by atoms with Gasteiger partial charge in [0, 0.05) is 17.1 Å². The maximum atomic E-state index is 13.7. The Balaban J connectivity index is 2.45. The Morgan fingerprint density at radius 3 is 2.89 bits per heavy atom. The number of rotatable bonds is 3. The van der Waals surface area contributed by atoms with E-state index in [0.717, 1.165) is 6.07 Å². The van der Waals surface area contributed by atoms with Gasteiger partial charge in [-0.1, -0.05) is 15.9 Å². The highest BCUT2D eigenvalue weighted by atomic mass is 79.9. The van der Waals surface area contributed by atoms with Crippen LogP contribution in [-0.2, 0) is 10.0 Å². The van der Waals surface area contributed by atoms with Gasteiger partial charge < -0.3 is 5.11 Å². The monoisotopic (exact) mass is 337 g/mol. The molecule has 2 rings (SSSR count). The van der Waals surface area contributed by atoms with Gasteiger partial charge in [-0.2, -0.15) is 4.31 Å². The Morgan fingerprint density at radius 2 is 2.22 bits per heavy atom. The maximum Gasteiger partial charge on any atom is 0.246 e. The van der Waals surface area contributed by atoms with Crippen LogP contribution in [0.1, 0.15) is 12.8 Å². The van der Waals surface area contributed by atoms with E-state index in [-0.39, 0.29) is 11.5 Å². The lowest BCUT2D eigenvalue weighted by atomic mass is 10.2. The van der Waals surface area contributed by atoms with Crippen molar-refractivity contribution in [3.05, 3.63) is 28.5 Å². The molecule has 1 saturated heterocycles. The molecule has 18 heavy (non-hydrogen) atoms. The summed E-state index contributed by atoms with van der Waals surface area (Å²) in [6.07, 6.45) is 1.28. The molecule has 1 heterocycles. The van der Waals surface area contributed by atoms with Crippen molar-refractivity contribution >= 4 is 26.0 Å². The van der Waals surface area contributed by atoms with E-state index in [4.69, 9.17) is 5.11 Å². The van der Waals surface area contributed by atoms with Gasteiger partial charge in [0.15, 0.2) is 0 Å².